The Balaban J connectivity index is 2.20. The Kier molecular flexibility index (Phi) is 4.79. The van der Waals surface area contributed by atoms with Gasteiger partial charge in [0.15, 0.2) is 5.78 Å². The standard InChI is InChI=1S/C19H19BO/c1-13-4-6-17(12-19(13)20)11-16-7-9-18(14(2)10-16)8-5-15(3)21/h4-10,12H,11H2,1-3H3/b8-5-. The van der Waals surface area contributed by atoms with Crippen LogP contribution in [0.5, 0.6) is 0 Å². The van der Waals surface area contributed by atoms with Gasteiger partial charge < -0.3 is 0 Å². The minimum Gasteiger partial charge on any atom is -0.295 e. The number of rotatable bonds is 4. The number of hydrogen-bond acceptors (Lipinski definition) is 1. The van der Waals surface area contributed by atoms with E-state index in [4.69, 9.17) is 7.85 Å². The van der Waals surface area contributed by atoms with Gasteiger partial charge in [-0.2, -0.15) is 0 Å². The number of allylic oxidation sites excluding steroid dienone is 1. The van der Waals surface area contributed by atoms with Gasteiger partial charge >= 0.3 is 0 Å². The summed E-state index contributed by atoms with van der Waals surface area (Å²) in [4.78, 5) is 11.0. The second-order valence-corrected chi connectivity index (χ2v) is 5.50. The number of aryl methyl sites for hydroxylation is 2. The molecule has 0 saturated carbocycles. The minimum atomic E-state index is 0.0635. The Labute approximate surface area is 128 Å². The molecule has 0 aliphatic carbocycles. The highest BCUT2D eigenvalue weighted by Gasteiger charge is 2.01. The largest absolute Gasteiger partial charge is 0.295 e. The number of hydrogen-bond donors (Lipinski definition) is 0. The van der Waals surface area contributed by atoms with Gasteiger partial charge in [-0.1, -0.05) is 53.5 Å². The van der Waals surface area contributed by atoms with Crippen molar-refractivity contribution in [2.45, 2.75) is 27.2 Å². The first kappa shape index (κ1) is 15.3. The van der Waals surface area contributed by atoms with E-state index in [1.54, 1.807) is 13.0 Å². The molecule has 0 fully saturated rings. The van der Waals surface area contributed by atoms with Gasteiger partial charge in [0, 0.05) is 0 Å². The van der Waals surface area contributed by atoms with Crippen molar-refractivity contribution in [1.82, 2.24) is 0 Å². The maximum Gasteiger partial charge on any atom is 0.152 e. The van der Waals surface area contributed by atoms with Crippen molar-refractivity contribution in [3.05, 3.63) is 70.3 Å². The maximum atomic E-state index is 11.0. The molecule has 2 aromatic carbocycles. The summed E-state index contributed by atoms with van der Waals surface area (Å²) in [6, 6.07) is 12.5. The molecule has 2 radical (unpaired) electrons. The summed E-state index contributed by atoms with van der Waals surface area (Å²) in [5, 5.41) is 0. The molecule has 0 heterocycles. The molecule has 0 aromatic heterocycles. The monoisotopic (exact) mass is 274 g/mol. The van der Waals surface area contributed by atoms with E-state index < -0.39 is 0 Å². The quantitative estimate of drug-likeness (QED) is 0.617. The molecular weight excluding hydrogens is 255 g/mol. The Bertz CT molecular complexity index is 699. The van der Waals surface area contributed by atoms with Gasteiger partial charge in [0.2, 0.25) is 0 Å². The van der Waals surface area contributed by atoms with Gasteiger partial charge in [-0.05, 0) is 55.5 Å². The van der Waals surface area contributed by atoms with Crippen molar-refractivity contribution in [1.29, 1.82) is 0 Å². The molecule has 0 aliphatic heterocycles. The summed E-state index contributed by atoms with van der Waals surface area (Å²) < 4.78 is 0. The van der Waals surface area contributed by atoms with Gasteiger partial charge in [0.25, 0.3) is 0 Å². The molecular formula is C19H19BO. The van der Waals surface area contributed by atoms with Gasteiger partial charge in [-0.15, -0.1) is 0 Å². The Morgan fingerprint density at radius 3 is 2.33 bits per heavy atom. The van der Waals surface area contributed by atoms with E-state index in [-0.39, 0.29) is 5.78 Å². The molecule has 2 aromatic rings. The zero-order valence-corrected chi connectivity index (χ0v) is 12.8. The van der Waals surface area contributed by atoms with Crippen LogP contribution in [0.2, 0.25) is 0 Å². The zero-order valence-electron chi connectivity index (χ0n) is 12.8. The van der Waals surface area contributed by atoms with E-state index in [9.17, 15) is 4.79 Å². The van der Waals surface area contributed by atoms with Crippen LogP contribution in [0.3, 0.4) is 0 Å². The number of carbonyl (C=O) groups excluding carboxylic acids is 1. The lowest BCUT2D eigenvalue weighted by Gasteiger charge is -2.08. The lowest BCUT2D eigenvalue weighted by molar-refractivity contribution is -0.112. The lowest BCUT2D eigenvalue weighted by Crippen LogP contribution is -2.08. The van der Waals surface area contributed by atoms with Crippen molar-refractivity contribution in [3.8, 4) is 0 Å². The Hall–Kier alpha value is -2.09. The molecule has 0 N–H and O–H groups in total. The molecule has 0 unspecified atom stereocenters. The average Bonchev–Trinajstić information content (AvgIpc) is 2.42. The topological polar surface area (TPSA) is 17.1 Å². The van der Waals surface area contributed by atoms with Crippen LogP contribution in [-0.4, -0.2) is 13.6 Å². The van der Waals surface area contributed by atoms with E-state index in [2.05, 4.69) is 37.3 Å². The molecule has 0 saturated heterocycles. The van der Waals surface area contributed by atoms with Gasteiger partial charge in [-0.25, -0.2) is 0 Å². The second-order valence-electron chi connectivity index (χ2n) is 5.50. The first-order valence-corrected chi connectivity index (χ1v) is 7.09. The van der Waals surface area contributed by atoms with Crippen LogP contribution in [0.15, 0.2) is 42.5 Å². The highest BCUT2D eigenvalue weighted by Crippen LogP contribution is 2.16. The Morgan fingerprint density at radius 1 is 1.05 bits per heavy atom. The Morgan fingerprint density at radius 2 is 1.71 bits per heavy atom. The zero-order chi connectivity index (χ0) is 15.4. The molecule has 0 bridgehead atoms. The minimum absolute atomic E-state index is 0.0635. The predicted molar refractivity (Wildman–Crippen MR) is 90.3 cm³/mol. The van der Waals surface area contributed by atoms with Gasteiger partial charge in [0.1, 0.15) is 7.85 Å². The van der Waals surface area contributed by atoms with E-state index in [1.807, 2.05) is 19.1 Å². The van der Waals surface area contributed by atoms with E-state index in [1.165, 1.54) is 16.7 Å². The van der Waals surface area contributed by atoms with Crippen molar-refractivity contribution < 1.29 is 4.79 Å². The summed E-state index contributed by atoms with van der Waals surface area (Å²) in [5.41, 5.74) is 6.66. The SMILES string of the molecule is [B]c1cc(Cc2ccc(/C=C\C(C)=O)c(C)c2)ccc1C. The maximum absolute atomic E-state index is 11.0. The highest BCUT2D eigenvalue weighted by molar-refractivity contribution is 6.33. The summed E-state index contributed by atoms with van der Waals surface area (Å²) in [5.74, 6) is 0.0635. The summed E-state index contributed by atoms with van der Waals surface area (Å²) >= 11 is 0. The van der Waals surface area contributed by atoms with E-state index in [0.29, 0.717) is 0 Å². The third kappa shape index (κ3) is 4.19. The third-order valence-electron chi connectivity index (χ3n) is 3.58. The molecule has 0 atom stereocenters. The average molecular weight is 274 g/mol. The number of ketones is 1. The van der Waals surface area contributed by atoms with Crippen molar-refractivity contribution in [3.63, 3.8) is 0 Å². The van der Waals surface area contributed by atoms with Gasteiger partial charge in [-0.3, -0.25) is 4.79 Å². The van der Waals surface area contributed by atoms with Crippen LogP contribution in [0.4, 0.5) is 0 Å². The molecule has 2 rings (SSSR count). The molecule has 21 heavy (non-hydrogen) atoms. The van der Waals surface area contributed by atoms with Crippen molar-refractivity contribution >= 4 is 25.2 Å². The number of benzene rings is 2. The van der Waals surface area contributed by atoms with Crippen molar-refractivity contribution in [2.75, 3.05) is 0 Å². The molecule has 0 amide bonds. The molecule has 1 nitrogen and oxygen atoms in total. The third-order valence-corrected chi connectivity index (χ3v) is 3.58. The first-order valence-electron chi connectivity index (χ1n) is 7.09. The fraction of sp³-hybridized carbons (Fsp3) is 0.211. The van der Waals surface area contributed by atoms with Crippen LogP contribution < -0.4 is 5.46 Å². The molecule has 104 valence electrons. The lowest BCUT2D eigenvalue weighted by atomic mass is 9.88. The van der Waals surface area contributed by atoms with Crippen LogP contribution in [-0.2, 0) is 11.2 Å². The van der Waals surface area contributed by atoms with Crippen LogP contribution >= 0.6 is 0 Å². The summed E-state index contributed by atoms with van der Waals surface area (Å²) in [7, 11) is 5.96. The number of carbonyl (C=O) groups is 1. The molecule has 0 spiro atoms. The van der Waals surface area contributed by atoms with Crippen LogP contribution in [0.1, 0.15) is 34.7 Å². The predicted octanol–water partition coefficient (Wildman–Crippen LogP) is 3.29. The van der Waals surface area contributed by atoms with Crippen LogP contribution in [0.25, 0.3) is 6.08 Å². The normalized spacial score (nSPS) is 11.0. The van der Waals surface area contributed by atoms with Crippen molar-refractivity contribution in [2.24, 2.45) is 0 Å². The first-order chi connectivity index (χ1) is 9.95. The smallest absolute Gasteiger partial charge is 0.152 e. The van der Waals surface area contributed by atoms with E-state index >= 15 is 0 Å². The second kappa shape index (κ2) is 6.58. The molecule has 0 aliphatic rings. The molecule has 2 heteroatoms. The van der Waals surface area contributed by atoms with Gasteiger partial charge in [0.05, 0.1) is 0 Å². The highest BCUT2D eigenvalue weighted by atomic mass is 16.1. The van der Waals surface area contributed by atoms with Crippen LogP contribution in [0, 0.1) is 13.8 Å². The fourth-order valence-electron chi connectivity index (χ4n) is 2.28. The summed E-state index contributed by atoms with van der Waals surface area (Å²) in [6.45, 7) is 5.63. The fourth-order valence-corrected chi connectivity index (χ4v) is 2.28. The summed E-state index contributed by atoms with van der Waals surface area (Å²) in [6.07, 6.45) is 4.33. The van der Waals surface area contributed by atoms with E-state index in [0.717, 1.165) is 23.0 Å².